The van der Waals surface area contributed by atoms with Gasteiger partial charge in [-0.05, 0) is 56.9 Å². The second-order valence-corrected chi connectivity index (χ2v) is 7.18. The molecule has 3 N–H and O–H groups in total. The molecular formula is C17H25BrN3O2+. The zero-order valence-corrected chi connectivity index (χ0v) is 15.3. The van der Waals surface area contributed by atoms with Gasteiger partial charge in [-0.1, -0.05) is 15.9 Å². The van der Waals surface area contributed by atoms with E-state index in [-0.39, 0.29) is 18.4 Å². The molecule has 2 rings (SSSR count). The number of carbonyl (C=O) groups excluding carboxylic acids is 2. The summed E-state index contributed by atoms with van der Waals surface area (Å²) in [6.45, 7) is 5.62. The highest BCUT2D eigenvalue weighted by Gasteiger charge is 2.24. The first kappa shape index (κ1) is 17.9. The second kappa shape index (κ2) is 8.45. The van der Waals surface area contributed by atoms with Gasteiger partial charge in [0, 0.05) is 10.2 Å². The summed E-state index contributed by atoms with van der Waals surface area (Å²) in [5.74, 6) is -0.262. The van der Waals surface area contributed by atoms with Crippen LogP contribution in [0.3, 0.4) is 0 Å². The third-order valence-corrected chi connectivity index (χ3v) is 4.87. The molecule has 0 aliphatic carbocycles. The van der Waals surface area contributed by atoms with E-state index in [1.54, 1.807) is 0 Å². The monoisotopic (exact) mass is 382 g/mol. The number of carbonyl (C=O) groups is 2. The summed E-state index contributed by atoms with van der Waals surface area (Å²) in [5.41, 5.74) is 1.74. The molecule has 0 saturated carbocycles. The van der Waals surface area contributed by atoms with Crippen molar-refractivity contribution in [3.8, 4) is 0 Å². The number of nitrogens with one attached hydrogen (secondary N) is 3. The molecule has 6 heteroatoms. The van der Waals surface area contributed by atoms with Crippen LogP contribution in [0.2, 0.25) is 0 Å². The number of quaternary nitrogens is 1. The van der Waals surface area contributed by atoms with Crippen molar-refractivity contribution >= 4 is 33.4 Å². The lowest BCUT2D eigenvalue weighted by Crippen LogP contribution is -3.17. The molecule has 1 unspecified atom stereocenters. The Kier molecular flexibility index (Phi) is 6.59. The van der Waals surface area contributed by atoms with Gasteiger partial charge in [-0.15, -0.1) is 0 Å². The minimum atomic E-state index is -0.203. The zero-order valence-electron chi connectivity index (χ0n) is 13.7. The Hall–Kier alpha value is -1.40. The fraction of sp³-hybridized carbons (Fsp3) is 0.529. The molecule has 126 valence electrons. The molecule has 0 radical (unpaired) electrons. The van der Waals surface area contributed by atoms with E-state index in [1.807, 2.05) is 25.1 Å². The lowest BCUT2D eigenvalue weighted by Gasteiger charge is -2.29. The average Bonchev–Trinajstić information content (AvgIpc) is 2.50. The zero-order chi connectivity index (χ0) is 16.8. The molecule has 0 aromatic heterocycles. The number of hydrogen-bond donors (Lipinski definition) is 3. The molecule has 1 aliphatic rings. The van der Waals surface area contributed by atoms with Crippen LogP contribution in [0.25, 0.3) is 0 Å². The molecular weight excluding hydrogens is 358 g/mol. The normalized spacial score (nSPS) is 20.8. The number of benzene rings is 1. The van der Waals surface area contributed by atoms with Gasteiger partial charge in [0.05, 0.1) is 19.1 Å². The fourth-order valence-electron chi connectivity index (χ4n) is 2.93. The maximum Gasteiger partial charge on any atom is 0.275 e. The number of piperidine rings is 1. The van der Waals surface area contributed by atoms with Crippen LogP contribution in [0.5, 0.6) is 0 Å². The van der Waals surface area contributed by atoms with Gasteiger partial charge in [0.2, 0.25) is 5.91 Å². The first-order valence-electron chi connectivity index (χ1n) is 8.13. The second-order valence-electron chi connectivity index (χ2n) is 6.27. The van der Waals surface area contributed by atoms with Crippen LogP contribution in [0, 0.1) is 6.92 Å². The van der Waals surface area contributed by atoms with E-state index >= 15 is 0 Å². The molecule has 2 atom stereocenters. The molecule has 1 heterocycles. The van der Waals surface area contributed by atoms with E-state index in [0.717, 1.165) is 22.3 Å². The van der Waals surface area contributed by atoms with Gasteiger partial charge in [0.1, 0.15) is 0 Å². The molecule has 0 bridgehead atoms. The fourth-order valence-corrected chi connectivity index (χ4v) is 3.40. The van der Waals surface area contributed by atoms with Crippen LogP contribution in [-0.2, 0) is 9.59 Å². The predicted molar refractivity (Wildman–Crippen MR) is 94.5 cm³/mol. The number of halogens is 1. The van der Waals surface area contributed by atoms with E-state index in [1.165, 1.54) is 24.2 Å². The Bertz CT molecular complexity index is 577. The van der Waals surface area contributed by atoms with E-state index in [0.29, 0.717) is 12.6 Å². The standard InChI is InChI=1S/C17H24BrN3O2/c1-12-9-14(18)6-7-15(12)20-16(22)10-19-17(23)11-21-8-4-3-5-13(21)2/h6-7,9,13H,3-5,8,10-11H2,1-2H3,(H,19,23)(H,20,22)/p+1/t13-/m0/s1. The lowest BCUT2D eigenvalue weighted by molar-refractivity contribution is -0.920. The van der Waals surface area contributed by atoms with E-state index < -0.39 is 0 Å². The van der Waals surface area contributed by atoms with Gasteiger partial charge < -0.3 is 15.5 Å². The first-order valence-corrected chi connectivity index (χ1v) is 8.92. The van der Waals surface area contributed by atoms with Crippen LogP contribution >= 0.6 is 15.9 Å². The van der Waals surface area contributed by atoms with Crippen LogP contribution in [-0.4, -0.2) is 37.5 Å². The Morgan fingerprint density at radius 2 is 2.09 bits per heavy atom. The molecule has 1 fully saturated rings. The van der Waals surface area contributed by atoms with Crippen molar-refractivity contribution in [2.45, 2.75) is 39.2 Å². The number of amides is 2. The Morgan fingerprint density at radius 3 is 2.78 bits per heavy atom. The third kappa shape index (κ3) is 5.62. The number of aryl methyl sites for hydroxylation is 1. The van der Waals surface area contributed by atoms with E-state index in [4.69, 9.17) is 0 Å². The van der Waals surface area contributed by atoms with Gasteiger partial charge in [-0.25, -0.2) is 0 Å². The lowest BCUT2D eigenvalue weighted by atomic mass is 10.0. The SMILES string of the molecule is Cc1cc(Br)ccc1NC(=O)CNC(=O)C[NH+]1CCCC[C@@H]1C. The summed E-state index contributed by atoms with van der Waals surface area (Å²) in [7, 11) is 0. The van der Waals surface area contributed by atoms with Crippen molar-refractivity contribution in [2.24, 2.45) is 0 Å². The molecule has 23 heavy (non-hydrogen) atoms. The van der Waals surface area contributed by atoms with E-state index in [2.05, 4.69) is 33.5 Å². The molecule has 2 amide bonds. The Labute approximate surface area is 145 Å². The molecule has 0 spiro atoms. The maximum absolute atomic E-state index is 12.0. The number of likely N-dealkylation sites (tertiary alicyclic amines) is 1. The quantitative estimate of drug-likeness (QED) is 0.717. The topological polar surface area (TPSA) is 62.6 Å². The smallest absolute Gasteiger partial charge is 0.275 e. The molecule has 5 nitrogen and oxygen atoms in total. The molecule has 1 aliphatic heterocycles. The first-order chi connectivity index (χ1) is 11.0. The Morgan fingerprint density at radius 1 is 1.30 bits per heavy atom. The third-order valence-electron chi connectivity index (χ3n) is 4.38. The van der Waals surface area contributed by atoms with E-state index in [9.17, 15) is 9.59 Å². The average molecular weight is 383 g/mol. The number of hydrogen-bond acceptors (Lipinski definition) is 2. The van der Waals surface area contributed by atoms with Crippen molar-refractivity contribution in [3.05, 3.63) is 28.2 Å². The largest absolute Gasteiger partial charge is 0.342 e. The van der Waals surface area contributed by atoms with Crippen molar-refractivity contribution < 1.29 is 14.5 Å². The summed E-state index contributed by atoms with van der Waals surface area (Å²) in [5, 5.41) is 5.54. The Balaban J connectivity index is 1.76. The van der Waals surface area contributed by atoms with Crippen LogP contribution in [0.15, 0.2) is 22.7 Å². The highest BCUT2D eigenvalue weighted by molar-refractivity contribution is 9.10. The summed E-state index contributed by atoms with van der Waals surface area (Å²) < 4.78 is 0.972. The molecule has 1 aromatic carbocycles. The minimum Gasteiger partial charge on any atom is -0.342 e. The van der Waals surface area contributed by atoms with Gasteiger partial charge in [0.25, 0.3) is 5.91 Å². The summed E-state index contributed by atoms with van der Waals surface area (Å²) in [4.78, 5) is 25.3. The summed E-state index contributed by atoms with van der Waals surface area (Å²) >= 11 is 3.39. The van der Waals surface area contributed by atoms with Gasteiger partial charge in [-0.2, -0.15) is 0 Å². The van der Waals surface area contributed by atoms with Crippen LogP contribution in [0.4, 0.5) is 5.69 Å². The van der Waals surface area contributed by atoms with Gasteiger partial charge >= 0.3 is 0 Å². The summed E-state index contributed by atoms with van der Waals surface area (Å²) in [6.07, 6.45) is 3.60. The van der Waals surface area contributed by atoms with Gasteiger partial charge in [0.15, 0.2) is 6.54 Å². The van der Waals surface area contributed by atoms with Crippen molar-refractivity contribution in [1.29, 1.82) is 0 Å². The van der Waals surface area contributed by atoms with Crippen molar-refractivity contribution in [1.82, 2.24) is 5.32 Å². The van der Waals surface area contributed by atoms with Crippen molar-refractivity contribution in [2.75, 3.05) is 25.0 Å². The predicted octanol–water partition coefficient (Wildman–Crippen LogP) is 1.27. The summed E-state index contributed by atoms with van der Waals surface area (Å²) in [6, 6.07) is 6.18. The van der Waals surface area contributed by atoms with Gasteiger partial charge in [-0.3, -0.25) is 9.59 Å². The minimum absolute atomic E-state index is 0.00992. The highest BCUT2D eigenvalue weighted by atomic mass is 79.9. The molecule has 1 aromatic rings. The maximum atomic E-state index is 12.0. The highest BCUT2D eigenvalue weighted by Crippen LogP contribution is 2.19. The van der Waals surface area contributed by atoms with Crippen LogP contribution < -0.4 is 15.5 Å². The molecule has 1 saturated heterocycles. The number of anilines is 1. The van der Waals surface area contributed by atoms with Crippen LogP contribution in [0.1, 0.15) is 31.7 Å². The number of rotatable bonds is 5. The van der Waals surface area contributed by atoms with Crippen molar-refractivity contribution in [3.63, 3.8) is 0 Å².